The van der Waals surface area contributed by atoms with E-state index in [9.17, 15) is 27.6 Å². The van der Waals surface area contributed by atoms with Gasteiger partial charge in [-0.05, 0) is 53.8 Å². The van der Waals surface area contributed by atoms with E-state index >= 15 is 0 Å². The van der Waals surface area contributed by atoms with Gasteiger partial charge in [0, 0.05) is 17.7 Å². The molecule has 8 nitrogen and oxygen atoms in total. The van der Waals surface area contributed by atoms with Gasteiger partial charge in [0.05, 0.1) is 18.4 Å². The number of hydrogen-bond donors (Lipinski definition) is 2. The number of carbonyl (C=O) groups is 3. The highest BCUT2D eigenvalue weighted by Gasteiger charge is 2.45. The van der Waals surface area contributed by atoms with Crippen LogP contribution in [0.25, 0.3) is 0 Å². The van der Waals surface area contributed by atoms with E-state index in [0.717, 1.165) is 6.92 Å². The average Bonchev–Trinajstić information content (AvgIpc) is 2.95. The maximum Gasteiger partial charge on any atom is 0.392 e. The Morgan fingerprint density at radius 1 is 1.05 bits per heavy atom. The summed E-state index contributed by atoms with van der Waals surface area (Å²) in [5.41, 5.74) is 3.04. The van der Waals surface area contributed by atoms with Crippen molar-refractivity contribution in [2.24, 2.45) is 11.0 Å². The molecule has 2 unspecified atom stereocenters. The summed E-state index contributed by atoms with van der Waals surface area (Å²) in [6.45, 7) is 2.50. The van der Waals surface area contributed by atoms with Gasteiger partial charge >= 0.3 is 12.1 Å². The van der Waals surface area contributed by atoms with Crippen molar-refractivity contribution in [2.45, 2.75) is 45.3 Å². The van der Waals surface area contributed by atoms with Crippen molar-refractivity contribution in [3.8, 4) is 0 Å². The minimum absolute atomic E-state index is 0.0623. The molecular weight excluding hydrogens is 551 g/mol. The van der Waals surface area contributed by atoms with Crippen molar-refractivity contribution in [3.05, 3.63) is 101 Å². The van der Waals surface area contributed by atoms with Crippen LogP contribution < -0.4 is 5.32 Å². The second-order valence-corrected chi connectivity index (χ2v) is 10.0. The number of aryl methyl sites for hydroxylation is 1. The van der Waals surface area contributed by atoms with E-state index in [0.29, 0.717) is 27.9 Å². The normalized spacial score (nSPS) is 14.9. The zero-order chi connectivity index (χ0) is 30.4. The molecule has 0 radical (unpaired) electrons. The van der Waals surface area contributed by atoms with Crippen LogP contribution in [-0.4, -0.2) is 46.6 Å². The molecule has 0 saturated carbocycles. The van der Waals surface area contributed by atoms with Crippen molar-refractivity contribution in [1.29, 1.82) is 0 Å². The number of amides is 2. The molecule has 2 atom stereocenters. The Morgan fingerprint density at radius 2 is 1.74 bits per heavy atom. The molecule has 4 rings (SSSR count). The molecule has 0 fully saturated rings. The number of aliphatic carboxylic acids is 1. The summed E-state index contributed by atoms with van der Waals surface area (Å²) in [7, 11) is 0. The fraction of sp³-hybridized carbons (Fsp3) is 0.290. The summed E-state index contributed by atoms with van der Waals surface area (Å²) < 4.78 is 47.2. The maximum atomic E-state index is 13.9. The van der Waals surface area contributed by atoms with Crippen molar-refractivity contribution in [3.63, 3.8) is 0 Å². The van der Waals surface area contributed by atoms with E-state index in [1.54, 1.807) is 49.4 Å². The SMILES string of the molecule is Cc1c(CCC(=O)O)cccc1NC(=O)C(c1ccc(CN2N=C(c3ccccc3)OCC2=O)cc1)C(C)C(F)(F)F. The highest BCUT2D eigenvalue weighted by Crippen LogP contribution is 2.38. The van der Waals surface area contributed by atoms with Crippen molar-refractivity contribution in [2.75, 3.05) is 11.9 Å². The number of ether oxygens (including phenoxy) is 1. The molecule has 3 aromatic carbocycles. The van der Waals surface area contributed by atoms with Crippen LogP contribution >= 0.6 is 0 Å². The van der Waals surface area contributed by atoms with Gasteiger partial charge in [0.15, 0.2) is 6.61 Å². The number of halogens is 3. The molecular formula is C31H30F3N3O5. The minimum atomic E-state index is -4.65. The van der Waals surface area contributed by atoms with Gasteiger partial charge in [0.2, 0.25) is 11.8 Å². The highest BCUT2D eigenvalue weighted by molar-refractivity contribution is 5.98. The number of alkyl halides is 3. The van der Waals surface area contributed by atoms with Crippen LogP contribution in [0.15, 0.2) is 77.9 Å². The minimum Gasteiger partial charge on any atom is -0.481 e. The first-order chi connectivity index (χ1) is 19.9. The Balaban J connectivity index is 1.55. The number of anilines is 1. The van der Waals surface area contributed by atoms with Crippen LogP contribution in [0.2, 0.25) is 0 Å². The Hall–Kier alpha value is -4.67. The van der Waals surface area contributed by atoms with Gasteiger partial charge in [0.25, 0.3) is 5.91 Å². The summed E-state index contributed by atoms with van der Waals surface area (Å²) in [6.07, 6.45) is -4.55. The lowest BCUT2D eigenvalue weighted by atomic mass is 9.85. The van der Waals surface area contributed by atoms with Crippen LogP contribution in [0.4, 0.5) is 18.9 Å². The van der Waals surface area contributed by atoms with Gasteiger partial charge in [-0.1, -0.05) is 61.5 Å². The molecule has 3 aromatic rings. The van der Waals surface area contributed by atoms with Gasteiger partial charge in [0.1, 0.15) is 0 Å². The molecule has 0 saturated heterocycles. The summed E-state index contributed by atoms with van der Waals surface area (Å²) in [4.78, 5) is 36.8. The Labute approximate surface area is 240 Å². The van der Waals surface area contributed by atoms with Gasteiger partial charge in [-0.3, -0.25) is 14.4 Å². The first-order valence-corrected chi connectivity index (χ1v) is 13.3. The van der Waals surface area contributed by atoms with E-state index in [1.165, 1.54) is 17.1 Å². The van der Waals surface area contributed by atoms with E-state index in [2.05, 4.69) is 10.4 Å². The number of nitrogens with zero attached hydrogens (tertiary/aromatic N) is 2. The first-order valence-electron chi connectivity index (χ1n) is 13.3. The van der Waals surface area contributed by atoms with Crippen molar-refractivity contribution >= 4 is 29.4 Å². The predicted molar refractivity (Wildman–Crippen MR) is 150 cm³/mol. The zero-order valence-corrected chi connectivity index (χ0v) is 23.0. The highest BCUT2D eigenvalue weighted by atomic mass is 19.4. The molecule has 220 valence electrons. The smallest absolute Gasteiger partial charge is 0.392 e. The second-order valence-electron chi connectivity index (χ2n) is 10.0. The van der Waals surface area contributed by atoms with E-state index in [-0.39, 0.29) is 43.4 Å². The van der Waals surface area contributed by atoms with Crippen molar-refractivity contribution < 1.29 is 37.4 Å². The Morgan fingerprint density at radius 3 is 2.38 bits per heavy atom. The van der Waals surface area contributed by atoms with Crippen LogP contribution in [0.3, 0.4) is 0 Å². The third kappa shape index (κ3) is 7.34. The Kier molecular flexibility index (Phi) is 9.29. The van der Waals surface area contributed by atoms with Crippen LogP contribution in [0.1, 0.15) is 47.1 Å². The van der Waals surface area contributed by atoms with Crippen LogP contribution in [0, 0.1) is 12.8 Å². The van der Waals surface area contributed by atoms with E-state index in [4.69, 9.17) is 9.84 Å². The van der Waals surface area contributed by atoms with Gasteiger partial charge < -0.3 is 15.2 Å². The monoisotopic (exact) mass is 581 g/mol. The largest absolute Gasteiger partial charge is 0.481 e. The number of carbonyl (C=O) groups excluding carboxylic acids is 2. The van der Waals surface area contributed by atoms with Gasteiger partial charge in [-0.2, -0.15) is 13.2 Å². The standard InChI is InChI=1S/C31H30F3N3O5/c1-19-22(15-16-27(39)40)9-6-10-25(19)35-29(41)28(20(2)31(32,33)34)23-13-11-21(12-14-23)17-37-26(38)18-42-30(36-37)24-7-4-3-5-8-24/h3-14,20,28H,15-18H2,1-2H3,(H,35,41)(H,39,40). The zero-order valence-electron chi connectivity index (χ0n) is 23.0. The lowest BCUT2D eigenvalue weighted by molar-refractivity contribution is -0.178. The molecule has 0 spiro atoms. The molecule has 11 heteroatoms. The first kappa shape index (κ1) is 30.3. The third-order valence-corrected chi connectivity index (χ3v) is 7.13. The lowest BCUT2D eigenvalue weighted by Gasteiger charge is -2.27. The fourth-order valence-corrected chi connectivity index (χ4v) is 4.65. The fourth-order valence-electron chi connectivity index (χ4n) is 4.65. The number of benzene rings is 3. The summed E-state index contributed by atoms with van der Waals surface area (Å²) in [5, 5.41) is 17.1. The molecule has 1 aliphatic heterocycles. The van der Waals surface area contributed by atoms with Crippen molar-refractivity contribution in [1.82, 2.24) is 5.01 Å². The van der Waals surface area contributed by atoms with E-state index in [1.807, 2.05) is 18.2 Å². The van der Waals surface area contributed by atoms with Gasteiger partial charge in [-0.25, -0.2) is 5.01 Å². The summed E-state index contributed by atoms with van der Waals surface area (Å²) >= 11 is 0. The average molecular weight is 582 g/mol. The van der Waals surface area contributed by atoms with E-state index < -0.39 is 29.9 Å². The quantitative estimate of drug-likeness (QED) is 0.322. The molecule has 1 aliphatic rings. The van der Waals surface area contributed by atoms with Crippen LogP contribution in [0.5, 0.6) is 0 Å². The number of carboxylic acid groups (broad SMARTS) is 1. The predicted octanol–water partition coefficient (Wildman–Crippen LogP) is 5.65. The number of hydrazone groups is 1. The molecule has 2 amide bonds. The van der Waals surface area contributed by atoms with Gasteiger partial charge in [-0.15, -0.1) is 5.10 Å². The molecule has 2 N–H and O–H groups in total. The molecule has 0 aliphatic carbocycles. The number of hydrogen-bond acceptors (Lipinski definition) is 5. The number of rotatable bonds is 10. The summed E-state index contributed by atoms with van der Waals surface area (Å²) in [5.74, 6) is -5.47. The lowest BCUT2D eigenvalue weighted by Crippen LogP contribution is -2.36. The molecule has 42 heavy (non-hydrogen) atoms. The number of nitrogens with one attached hydrogen (secondary N) is 1. The molecule has 0 aromatic heterocycles. The number of carboxylic acids is 1. The third-order valence-electron chi connectivity index (χ3n) is 7.13. The Bertz CT molecular complexity index is 1470. The topological polar surface area (TPSA) is 108 Å². The maximum absolute atomic E-state index is 13.9. The summed E-state index contributed by atoms with van der Waals surface area (Å²) in [6, 6.07) is 20.0. The molecule has 1 heterocycles. The second kappa shape index (κ2) is 12.9. The van der Waals surface area contributed by atoms with Crippen LogP contribution in [-0.2, 0) is 32.1 Å². The molecule has 0 bridgehead atoms.